The molecule has 1 amide bonds. The highest BCUT2D eigenvalue weighted by Crippen LogP contribution is 2.30. The van der Waals surface area contributed by atoms with E-state index < -0.39 is 0 Å². The Morgan fingerprint density at radius 3 is 2.67 bits per heavy atom. The van der Waals surface area contributed by atoms with E-state index in [4.69, 9.17) is 14.7 Å². The average molecular weight is 370 g/mol. The first-order valence-electron chi connectivity index (χ1n) is 10.2. The molecular weight excluding hydrogens is 340 g/mol. The number of ether oxygens (including phenoxy) is 2. The highest BCUT2D eigenvalue weighted by molar-refractivity contribution is 5.76. The molecule has 0 N–H and O–H groups in total. The molecule has 2 fully saturated rings. The van der Waals surface area contributed by atoms with Crippen molar-refractivity contribution in [1.29, 1.82) is 5.26 Å². The topological polar surface area (TPSA) is 62.6 Å². The number of hydrogen-bond donors (Lipinski definition) is 0. The first-order chi connectivity index (χ1) is 13.2. The summed E-state index contributed by atoms with van der Waals surface area (Å²) in [6.07, 6.45) is 9.14. The molecule has 1 heterocycles. The second-order valence-corrected chi connectivity index (χ2v) is 7.84. The highest BCUT2D eigenvalue weighted by Gasteiger charge is 2.26. The fraction of sp³-hybridized carbons (Fsp3) is 0.636. The van der Waals surface area contributed by atoms with Gasteiger partial charge in [-0.1, -0.05) is 19.3 Å². The molecule has 5 heteroatoms. The highest BCUT2D eigenvalue weighted by atomic mass is 16.5. The molecule has 2 aliphatic rings. The monoisotopic (exact) mass is 370 g/mol. The Morgan fingerprint density at radius 2 is 1.93 bits per heavy atom. The zero-order chi connectivity index (χ0) is 19.1. The summed E-state index contributed by atoms with van der Waals surface area (Å²) < 4.78 is 11.3. The third kappa shape index (κ3) is 5.38. The van der Waals surface area contributed by atoms with Crippen LogP contribution < -0.4 is 9.47 Å². The SMILES string of the molecule is COc1cc(C#N)ccc1OCC1CCCN(C(=O)CC2CCCCC2)C1. The molecule has 0 radical (unpaired) electrons. The van der Waals surface area contributed by atoms with Gasteiger partial charge in [0.25, 0.3) is 0 Å². The number of amides is 1. The molecule has 27 heavy (non-hydrogen) atoms. The Morgan fingerprint density at radius 1 is 1.15 bits per heavy atom. The Labute approximate surface area is 162 Å². The Hall–Kier alpha value is -2.22. The molecule has 0 spiro atoms. The zero-order valence-corrected chi connectivity index (χ0v) is 16.3. The molecule has 1 saturated carbocycles. The number of piperidine rings is 1. The van der Waals surface area contributed by atoms with Gasteiger partial charge in [0.2, 0.25) is 5.91 Å². The molecule has 0 bridgehead atoms. The zero-order valence-electron chi connectivity index (χ0n) is 16.3. The maximum Gasteiger partial charge on any atom is 0.222 e. The van der Waals surface area contributed by atoms with Gasteiger partial charge in [0.05, 0.1) is 25.3 Å². The minimum atomic E-state index is 0.322. The molecule has 0 aromatic heterocycles. The molecular formula is C22H30N2O3. The van der Waals surface area contributed by atoms with Crippen LogP contribution in [0.1, 0.15) is 56.9 Å². The van der Waals surface area contributed by atoms with Crippen molar-refractivity contribution in [3.8, 4) is 17.6 Å². The van der Waals surface area contributed by atoms with Gasteiger partial charge in [-0.3, -0.25) is 4.79 Å². The van der Waals surface area contributed by atoms with Crippen molar-refractivity contribution < 1.29 is 14.3 Å². The average Bonchev–Trinajstić information content (AvgIpc) is 2.73. The predicted molar refractivity (Wildman–Crippen MR) is 104 cm³/mol. The van der Waals surface area contributed by atoms with Gasteiger partial charge in [0.1, 0.15) is 0 Å². The molecule has 1 aliphatic heterocycles. The fourth-order valence-electron chi connectivity index (χ4n) is 4.26. The van der Waals surface area contributed by atoms with E-state index in [0.29, 0.717) is 41.4 Å². The van der Waals surface area contributed by atoms with E-state index in [1.807, 2.05) is 4.90 Å². The van der Waals surface area contributed by atoms with Gasteiger partial charge in [-0.05, 0) is 43.7 Å². The molecule has 1 aromatic rings. The molecule has 3 rings (SSSR count). The smallest absolute Gasteiger partial charge is 0.222 e. The maximum absolute atomic E-state index is 12.7. The van der Waals surface area contributed by atoms with Gasteiger partial charge in [-0.2, -0.15) is 5.26 Å². The van der Waals surface area contributed by atoms with E-state index in [2.05, 4.69) is 6.07 Å². The summed E-state index contributed by atoms with van der Waals surface area (Å²) in [4.78, 5) is 14.7. The lowest BCUT2D eigenvalue weighted by molar-refractivity contribution is -0.134. The number of carbonyl (C=O) groups excluding carboxylic acids is 1. The van der Waals surface area contributed by atoms with Gasteiger partial charge in [-0.25, -0.2) is 0 Å². The Kier molecular flexibility index (Phi) is 6.98. The van der Waals surface area contributed by atoms with E-state index in [9.17, 15) is 4.79 Å². The van der Waals surface area contributed by atoms with Crippen LogP contribution in [-0.4, -0.2) is 37.6 Å². The summed E-state index contributed by atoms with van der Waals surface area (Å²) in [5.74, 6) is 2.49. The third-order valence-electron chi connectivity index (χ3n) is 5.83. The molecule has 1 saturated heterocycles. The molecule has 1 unspecified atom stereocenters. The summed E-state index contributed by atoms with van der Waals surface area (Å²) >= 11 is 0. The van der Waals surface area contributed by atoms with Gasteiger partial charge >= 0.3 is 0 Å². The lowest BCUT2D eigenvalue weighted by Gasteiger charge is -2.34. The van der Waals surface area contributed by atoms with Crippen LogP contribution in [0.3, 0.4) is 0 Å². The van der Waals surface area contributed by atoms with Crippen molar-refractivity contribution in [2.45, 2.75) is 51.4 Å². The number of hydrogen-bond acceptors (Lipinski definition) is 4. The van der Waals surface area contributed by atoms with Crippen LogP contribution in [0.15, 0.2) is 18.2 Å². The second kappa shape index (κ2) is 9.64. The summed E-state index contributed by atoms with van der Waals surface area (Å²) in [6, 6.07) is 7.32. The first kappa shape index (κ1) is 19.5. The fourth-order valence-corrected chi connectivity index (χ4v) is 4.26. The quantitative estimate of drug-likeness (QED) is 0.754. The van der Waals surface area contributed by atoms with Crippen molar-refractivity contribution in [2.24, 2.45) is 11.8 Å². The summed E-state index contributed by atoms with van der Waals surface area (Å²) in [7, 11) is 1.58. The predicted octanol–water partition coefficient (Wildman–Crippen LogP) is 4.15. The summed E-state index contributed by atoms with van der Waals surface area (Å²) in [6.45, 7) is 2.22. The number of methoxy groups -OCH3 is 1. The van der Waals surface area contributed by atoms with E-state index >= 15 is 0 Å². The van der Waals surface area contributed by atoms with E-state index in [-0.39, 0.29) is 0 Å². The second-order valence-electron chi connectivity index (χ2n) is 7.84. The van der Waals surface area contributed by atoms with Crippen molar-refractivity contribution in [2.75, 3.05) is 26.8 Å². The van der Waals surface area contributed by atoms with Gasteiger partial charge in [0.15, 0.2) is 11.5 Å². The normalized spacial score (nSPS) is 20.7. The van der Waals surface area contributed by atoms with Crippen LogP contribution in [0.5, 0.6) is 11.5 Å². The first-order valence-corrected chi connectivity index (χ1v) is 10.2. The number of benzene rings is 1. The molecule has 1 atom stereocenters. The molecule has 1 aromatic carbocycles. The van der Waals surface area contributed by atoms with Gasteiger partial charge in [-0.15, -0.1) is 0 Å². The van der Waals surface area contributed by atoms with Crippen LogP contribution in [0.2, 0.25) is 0 Å². The van der Waals surface area contributed by atoms with E-state index in [1.165, 1.54) is 32.1 Å². The lowest BCUT2D eigenvalue weighted by atomic mass is 9.86. The largest absolute Gasteiger partial charge is 0.493 e. The van der Waals surface area contributed by atoms with Crippen LogP contribution in [0.25, 0.3) is 0 Å². The van der Waals surface area contributed by atoms with E-state index in [0.717, 1.165) is 32.4 Å². The number of nitriles is 1. The van der Waals surface area contributed by atoms with Gasteiger partial charge < -0.3 is 14.4 Å². The number of rotatable bonds is 6. The molecule has 1 aliphatic carbocycles. The minimum absolute atomic E-state index is 0.322. The van der Waals surface area contributed by atoms with Crippen LogP contribution in [0, 0.1) is 23.2 Å². The Balaban J connectivity index is 1.51. The van der Waals surface area contributed by atoms with Gasteiger partial charge in [0, 0.05) is 31.5 Å². The number of nitrogens with zero attached hydrogens (tertiary/aromatic N) is 2. The third-order valence-corrected chi connectivity index (χ3v) is 5.83. The lowest BCUT2D eigenvalue weighted by Crippen LogP contribution is -2.42. The van der Waals surface area contributed by atoms with Crippen molar-refractivity contribution in [3.63, 3.8) is 0 Å². The summed E-state index contributed by atoms with van der Waals surface area (Å²) in [5.41, 5.74) is 0.552. The van der Waals surface area contributed by atoms with Crippen LogP contribution in [-0.2, 0) is 4.79 Å². The number of likely N-dealkylation sites (tertiary alicyclic amines) is 1. The Bertz CT molecular complexity index is 677. The minimum Gasteiger partial charge on any atom is -0.493 e. The maximum atomic E-state index is 12.7. The van der Waals surface area contributed by atoms with Crippen molar-refractivity contribution >= 4 is 5.91 Å². The summed E-state index contributed by atoms with van der Waals surface area (Å²) in [5, 5.41) is 9.00. The van der Waals surface area contributed by atoms with Crippen molar-refractivity contribution in [3.05, 3.63) is 23.8 Å². The molecule has 146 valence electrons. The van der Waals surface area contributed by atoms with Crippen molar-refractivity contribution in [1.82, 2.24) is 4.90 Å². The van der Waals surface area contributed by atoms with Crippen LogP contribution in [0.4, 0.5) is 0 Å². The number of carbonyl (C=O) groups is 1. The van der Waals surface area contributed by atoms with E-state index in [1.54, 1.807) is 25.3 Å². The standard InChI is InChI=1S/C22H30N2O3/c1-26-21-12-18(14-23)9-10-20(21)27-16-19-8-5-11-24(15-19)22(25)13-17-6-3-2-4-7-17/h9-10,12,17,19H,2-8,11,13,15-16H2,1H3. The van der Waals surface area contributed by atoms with Crippen LogP contribution >= 0.6 is 0 Å². The molecule has 5 nitrogen and oxygen atoms in total.